The van der Waals surface area contributed by atoms with Crippen LogP contribution in [0.5, 0.6) is 0 Å². The first-order chi connectivity index (χ1) is 9.13. The van der Waals surface area contributed by atoms with Gasteiger partial charge in [-0.05, 0) is 17.2 Å². The molecule has 0 bridgehead atoms. The lowest BCUT2D eigenvalue weighted by molar-refractivity contribution is -0.117. The van der Waals surface area contributed by atoms with Gasteiger partial charge in [0.15, 0.2) is 5.78 Å². The first-order valence-electron chi connectivity index (χ1n) is 6.07. The Balaban J connectivity index is 2.35. The van der Waals surface area contributed by atoms with Gasteiger partial charge in [0.25, 0.3) is 0 Å². The third kappa shape index (κ3) is 3.10. The number of Topliss-reactive ketones (excluding diaryl/α,β-unsaturated/α-hetero) is 1. The average Bonchev–Trinajstić information content (AvgIpc) is 2.46. The molecule has 0 radical (unpaired) electrons. The zero-order valence-electron chi connectivity index (χ0n) is 10.6. The van der Waals surface area contributed by atoms with Crippen LogP contribution in [-0.4, -0.2) is 11.1 Å². The van der Waals surface area contributed by atoms with E-state index in [1.165, 1.54) is 6.07 Å². The number of rotatable bonds is 4. The molecule has 0 amide bonds. The molecular weight excluding hydrogens is 307 g/mol. The van der Waals surface area contributed by atoms with Gasteiger partial charge in [-0.25, -0.2) is 4.39 Å². The summed E-state index contributed by atoms with van der Waals surface area (Å²) in [6.45, 7) is 1.79. The maximum atomic E-state index is 14.1. The van der Waals surface area contributed by atoms with Gasteiger partial charge in [-0.1, -0.05) is 65.3 Å². The smallest absolute Gasteiger partial charge is 0.150 e. The Morgan fingerprint density at radius 1 is 1.21 bits per heavy atom. The largest absolute Gasteiger partial charge is 0.298 e. The highest BCUT2D eigenvalue weighted by molar-refractivity contribution is 9.09. The molecule has 19 heavy (non-hydrogen) atoms. The zero-order chi connectivity index (χ0) is 13.8. The molecule has 98 valence electrons. The monoisotopic (exact) mass is 320 g/mol. The van der Waals surface area contributed by atoms with Gasteiger partial charge in [0, 0.05) is 11.5 Å². The first kappa shape index (κ1) is 13.9. The summed E-state index contributed by atoms with van der Waals surface area (Å²) in [7, 11) is 0. The van der Waals surface area contributed by atoms with Crippen LogP contribution in [0.25, 0.3) is 11.1 Å². The molecule has 0 fully saturated rings. The topological polar surface area (TPSA) is 17.1 Å². The van der Waals surface area contributed by atoms with E-state index in [2.05, 4.69) is 15.9 Å². The van der Waals surface area contributed by atoms with Gasteiger partial charge < -0.3 is 0 Å². The van der Waals surface area contributed by atoms with E-state index in [9.17, 15) is 9.18 Å². The number of benzene rings is 2. The summed E-state index contributed by atoms with van der Waals surface area (Å²) in [4.78, 5) is 11.6. The van der Waals surface area contributed by atoms with Crippen LogP contribution in [0.15, 0.2) is 48.5 Å². The van der Waals surface area contributed by atoms with Crippen molar-refractivity contribution in [2.45, 2.75) is 12.8 Å². The number of ketones is 1. The minimum absolute atomic E-state index is 0.0480. The molecule has 2 aromatic rings. The van der Waals surface area contributed by atoms with Crippen molar-refractivity contribution >= 4 is 21.7 Å². The molecule has 0 saturated heterocycles. The fourth-order valence-electron chi connectivity index (χ4n) is 1.95. The van der Waals surface area contributed by atoms with E-state index in [-0.39, 0.29) is 22.8 Å². The van der Waals surface area contributed by atoms with Crippen LogP contribution in [0.3, 0.4) is 0 Å². The van der Waals surface area contributed by atoms with E-state index in [0.717, 1.165) is 5.56 Å². The van der Waals surface area contributed by atoms with E-state index in [4.69, 9.17) is 0 Å². The molecule has 0 aliphatic heterocycles. The van der Waals surface area contributed by atoms with E-state index >= 15 is 0 Å². The standard InChI is InChI=1S/C16H14BrFO/c1-11(16(19)10-17)13-7-8-14(15(18)9-13)12-5-3-2-4-6-12/h2-9,11H,10H2,1H3. The lowest BCUT2D eigenvalue weighted by atomic mass is 9.94. The van der Waals surface area contributed by atoms with Crippen molar-refractivity contribution in [2.75, 3.05) is 5.33 Å². The second kappa shape index (κ2) is 6.11. The maximum absolute atomic E-state index is 14.1. The summed E-state index contributed by atoms with van der Waals surface area (Å²) < 4.78 is 14.1. The molecule has 0 saturated carbocycles. The maximum Gasteiger partial charge on any atom is 0.150 e. The lowest BCUT2D eigenvalue weighted by Crippen LogP contribution is -2.10. The minimum atomic E-state index is -0.294. The molecule has 0 N–H and O–H groups in total. The van der Waals surface area contributed by atoms with Crippen molar-refractivity contribution in [2.24, 2.45) is 0 Å². The van der Waals surface area contributed by atoms with E-state index in [1.54, 1.807) is 13.0 Å². The van der Waals surface area contributed by atoms with Crippen molar-refractivity contribution in [3.05, 3.63) is 59.9 Å². The molecule has 0 spiro atoms. The summed E-state index contributed by atoms with van der Waals surface area (Å²) in [6, 6.07) is 14.4. The van der Waals surface area contributed by atoms with Gasteiger partial charge >= 0.3 is 0 Å². The molecule has 1 unspecified atom stereocenters. The van der Waals surface area contributed by atoms with Gasteiger partial charge in [-0.2, -0.15) is 0 Å². The van der Waals surface area contributed by atoms with Crippen molar-refractivity contribution in [3.63, 3.8) is 0 Å². The molecule has 1 nitrogen and oxygen atoms in total. The number of carbonyl (C=O) groups is 1. The van der Waals surface area contributed by atoms with Crippen molar-refractivity contribution in [1.82, 2.24) is 0 Å². The summed E-state index contributed by atoms with van der Waals surface area (Å²) in [6.07, 6.45) is 0. The Labute approximate surface area is 120 Å². The summed E-state index contributed by atoms with van der Waals surface area (Å²) in [5, 5.41) is 0.288. The summed E-state index contributed by atoms with van der Waals surface area (Å²) >= 11 is 3.14. The predicted octanol–water partition coefficient (Wildman–Crippen LogP) is 4.56. The molecule has 0 aliphatic rings. The fraction of sp³-hybridized carbons (Fsp3) is 0.188. The molecular formula is C16H14BrFO. The van der Waals surface area contributed by atoms with Gasteiger partial charge in [-0.3, -0.25) is 4.79 Å². The van der Waals surface area contributed by atoms with Crippen molar-refractivity contribution in [3.8, 4) is 11.1 Å². The number of hydrogen-bond acceptors (Lipinski definition) is 1. The normalized spacial score (nSPS) is 12.2. The van der Waals surface area contributed by atoms with Gasteiger partial charge in [-0.15, -0.1) is 0 Å². The second-order valence-electron chi connectivity index (χ2n) is 4.43. The number of alkyl halides is 1. The Morgan fingerprint density at radius 2 is 1.89 bits per heavy atom. The van der Waals surface area contributed by atoms with Crippen LogP contribution >= 0.6 is 15.9 Å². The van der Waals surface area contributed by atoms with Crippen LogP contribution in [-0.2, 0) is 4.79 Å². The Bertz CT molecular complexity index is 581. The molecule has 3 heteroatoms. The first-order valence-corrected chi connectivity index (χ1v) is 7.19. The number of halogens is 2. The predicted molar refractivity (Wildman–Crippen MR) is 79.1 cm³/mol. The van der Waals surface area contributed by atoms with Crippen LogP contribution in [0.2, 0.25) is 0 Å². The number of hydrogen-bond donors (Lipinski definition) is 0. The van der Waals surface area contributed by atoms with Gasteiger partial charge in [0.05, 0.1) is 5.33 Å². The van der Waals surface area contributed by atoms with Crippen LogP contribution in [0.1, 0.15) is 18.4 Å². The van der Waals surface area contributed by atoms with E-state index < -0.39 is 0 Å². The third-order valence-corrected chi connectivity index (χ3v) is 3.75. The second-order valence-corrected chi connectivity index (χ2v) is 4.99. The van der Waals surface area contributed by atoms with E-state index in [1.807, 2.05) is 36.4 Å². The minimum Gasteiger partial charge on any atom is -0.298 e. The molecule has 2 rings (SSSR count). The third-order valence-electron chi connectivity index (χ3n) is 3.19. The van der Waals surface area contributed by atoms with Crippen LogP contribution < -0.4 is 0 Å². The van der Waals surface area contributed by atoms with Crippen molar-refractivity contribution < 1.29 is 9.18 Å². The van der Waals surface area contributed by atoms with Crippen LogP contribution in [0.4, 0.5) is 4.39 Å². The summed E-state index contributed by atoms with van der Waals surface area (Å²) in [5.41, 5.74) is 2.11. The Kier molecular flexibility index (Phi) is 4.48. The highest BCUT2D eigenvalue weighted by Crippen LogP contribution is 2.26. The Hall–Kier alpha value is -1.48. The highest BCUT2D eigenvalue weighted by Gasteiger charge is 2.15. The zero-order valence-corrected chi connectivity index (χ0v) is 12.2. The quantitative estimate of drug-likeness (QED) is 0.755. The molecule has 0 aromatic heterocycles. The molecule has 0 aliphatic carbocycles. The molecule has 2 aromatic carbocycles. The Morgan fingerprint density at radius 3 is 2.47 bits per heavy atom. The van der Waals surface area contributed by atoms with Crippen molar-refractivity contribution in [1.29, 1.82) is 0 Å². The number of carbonyl (C=O) groups excluding carboxylic acids is 1. The highest BCUT2D eigenvalue weighted by atomic mass is 79.9. The van der Waals surface area contributed by atoms with Crippen LogP contribution in [0, 0.1) is 5.82 Å². The van der Waals surface area contributed by atoms with Gasteiger partial charge in [0.1, 0.15) is 5.82 Å². The van der Waals surface area contributed by atoms with E-state index in [0.29, 0.717) is 11.1 Å². The summed E-state index contributed by atoms with van der Waals surface area (Å²) in [5.74, 6) is -0.538. The lowest BCUT2D eigenvalue weighted by Gasteiger charge is -2.11. The fourth-order valence-corrected chi connectivity index (χ4v) is 2.44. The SMILES string of the molecule is CC(C(=O)CBr)c1ccc(-c2ccccc2)c(F)c1. The average molecular weight is 321 g/mol. The molecule has 0 heterocycles. The molecule has 1 atom stereocenters. The van der Waals surface area contributed by atoms with Gasteiger partial charge in [0.2, 0.25) is 0 Å².